The molecule has 0 aliphatic carbocycles. The summed E-state index contributed by atoms with van der Waals surface area (Å²) in [4.78, 5) is 0. The van der Waals surface area contributed by atoms with Gasteiger partial charge in [-0.3, -0.25) is 0 Å². The van der Waals surface area contributed by atoms with Gasteiger partial charge in [0.05, 0.1) is 0 Å². The van der Waals surface area contributed by atoms with Crippen LogP contribution in [-0.2, 0) is 6.42 Å². The fraction of sp³-hybridized carbons (Fsp3) is 0.294. The molecule has 0 aromatic heterocycles. The molecule has 0 aliphatic rings. The predicted molar refractivity (Wildman–Crippen MR) is 75.3 cm³/mol. The molecule has 2 rings (SSSR count). The van der Waals surface area contributed by atoms with E-state index in [1.807, 2.05) is 0 Å². The second kappa shape index (κ2) is 5.18. The van der Waals surface area contributed by atoms with Gasteiger partial charge in [0, 0.05) is 0 Å². The molecule has 0 radical (unpaired) electrons. The van der Waals surface area contributed by atoms with Crippen molar-refractivity contribution in [3.05, 3.63) is 59.7 Å². The number of hydrogen-bond acceptors (Lipinski definition) is 0. The minimum absolute atomic E-state index is 0.602. The van der Waals surface area contributed by atoms with Crippen molar-refractivity contribution in [1.82, 2.24) is 0 Å². The van der Waals surface area contributed by atoms with Gasteiger partial charge in [-0.05, 0) is 34.6 Å². The van der Waals surface area contributed by atoms with Crippen molar-refractivity contribution in [2.75, 3.05) is 0 Å². The third kappa shape index (κ3) is 2.58. The lowest BCUT2D eigenvalue weighted by molar-refractivity contribution is 0.867. The highest BCUT2D eigenvalue weighted by atomic mass is 14.1. The molecule has 0 atom stereocenters. The lowest BCUT2D eigenvalue weighted by Gasteiger charge is -2.10. The third-order valence-corrected chi connectivity index (χ3v) is 3.29. The van der Waals surface area contributed by atoms with Gasteiger partial charge >= 0.3 is 0 Å². The van der Waals surface area contributed by atoms with Gasteiger partial charge in [-0.15, -0.1) is 0 Å². The smallest absolute Gasteiger partial charge is 0.0152 e. The van der Waals surface area contributed by atoms with Crippen LogP contribution in [0.2, 0.25) is 0 Å². The van der Waals surface area contributed by atoms with Crippen molar-refractivity contribution < 1.29 is 0 Å². The molecule has 17 heavy (non-hydrogen) atoms. The highest BCUT2D eigenvalue weighted by molar-refractivity contribution is 5.67. The monoisotopic (exact) mass is 224 g/mol. The van der Waals surface area contributed by atoms with Gasteiger partial charge in [0.25, 0.3) is 0 Å². The summed E-state index contributed by atoms with van der Waals surface area (Å²) in [6, 6.07) is 17.6. The number of benzene rings is 2. The predicted octanol–water partition coefficient (Wildman–Crippen LogP) is 5.04. The van der Waals surface area contributed by atoms with Gasteiger partial charge in [0.1, 0.15) is 0 Å². The summed E-state index contributed by atoms with van der Waals surface area (Å²) < 4.78 is 0. The van der Waals surface area contributed by atoms with Crippen LogP contribution in [0.5, 0.6) is 0 Å². The zero-order chi connectivity index (χ0) is 12.3. The second-order valence-electron chi connectivity index (χ2n) is 4.79. The van der Waals surface area contributed by atoms with E-state index < -0.39 is 0 Å². The van der Waals surface area contributed by atoms with E-state index in [9.17, 15) is 0 Å². The molecule has 0 unspecified atom stereocenters. The van der Waals surface area contributed by atoms with Gasteiger partial charge in [-0.25, -0.2) is 0 Å². The Morgan fingerprint density at radius 2 is 1.53 bits per heavy atom. The quantitative estimate of drug-likeness (QED) is 0.685. The van der Waals surface area contributed by atoms with Crippen LogP contribution in [0.25, 0.3) is 11.1 Å². The summed E-state index contributed by atoms with van der Waals surface area (Å²) in [5.41, 5.74) is 5.52. The van der Waals surface area contributed by atoms with Crippen molar-refractivity contribution in [1.29, 1.82) is 0 Å². The van der Waals surface area contributed by atoms with Gasteiger partial charge in [-0.2, -0.15) is 0 Å². The van der Waals surface area contributed by atoms with E-state index >= 15 is 0 Å². The Hall–Kier alpha value is -1.56. The standard InChI is InChI=1S/C17H20/c1-4-14-7-5-6-8-17(14)16-11-9-15(10-12-16)13(2)3/h5-13H,4H2,1-3H3. The average Bonchev–Trinajstić information content (AvgIpc) is 2.39. The topological polar surface area (TPSA) is 0 Å². The molecule has 0 fully saturated rings. The highest BCUT2D eigenvalue weighted by Gasteiger charge is 2.04. The lowest BCUT2D eigenvalue weighted by atomic mass is 9.95. The summed E-state index contributed by atoms with van der Waals surface area (Å²) in [7, 11) is 0. The van der Waals surface area contributed by atoms with Crippen molar-refractivity contribution >= 4 is 0 Å². The Morgan fingerprint density at radius 3 is 2.12 bits per heavy atom. The van der Waals surface area contributed by atoms with Crippen LogP contribution in [0.4, 0.5) is 0 Å². The zero-order valence-electron chi connectivity index (χ0n) is 10.9. The van der Waals surface area contributed by atoms with Crippen LogP contribution in [0, 0.1) is 0 Å². The van der Waals surface area contributed by atoms with E-state index in [-0.39, 0.29) is 0 Å². The second-order valence-corrected chi connectivity index (χ2v) is 4.79. The molecule has 0 saturated heterocycles. The van der Waals surface area contributed by atoms with Crippen LogP contribution < -0.4 is 0 Å². The van der Waals surface area contributed by atoms with E-state index in [1.54, 1.807) is 0 Å². The van der Waals surface area contributed by atoms with E-state index in [0.29, 0.717) is 5.92 Å². The minimum atomic E-state index is 0.602. The fourth-order valence-corrected chi connectivity index (χ4v) is 2.16. The van der Waals surface area contributed by atoms with Crippen LogP contribution in [0.1, 0.15) is 37.8 Å². The van der Waals surface area contributed by atoms with Gasteiger partial charge in [-0.1, -0.05) is 69.3 Å². The summed E-state index contributed by atoms with van der Waals surface area (Å²) >= 11 is 0. The highest BCUT2D eigenvalue weighted by Crippen LogP contribution is 2.25. The normalized spacial score (nSPS) is 10.8. The van der Waals surface area contributed by atoms with Gasteiger partial charge < -0.3 is 0 Å². The zero-order valence-corrected chi connectivity index (χ0v) is 10.9. The minimum Gasteiger partial charge on any atom is -0.0620 e. The first-order valence-electron chi connectivity index (χ1n) is 6.40. The fourth-order valence-electron chi connectivity index (χ4n) is 2.16. The van der Waals surface area contributed by atoms with E-state index in [4.69, 9.17) is 0 Å². The summed E-state index contributed by atoms with van der Waals surface area (Å²) in [6.07, 6.45) is 1.09. The van der Waals surface area contributed by atoms with Crippen molar-refractivity contribution in [3.63, 3.8) is 0 Å². The molecule has 0 amide bonds. The maximum atomic E-state index is 2.24. The molecular weight excluding hydrogens is 204 g/mol. The van der Waals surface area contributed by atoms with Gasteiger partial charge in [0.15, 0.2) is 0 Å². The maximum Gasteiger partial charge on any atom is -0.0152 e. The molecule has 0 N–H and O–H groups in total. The molecule has 0 heteroatoms. The lowest BCUT2D eigenvalue weighted by Crippen LogP contribution is -1.89. The average molecular weight is 224 g/mol. The number of hydrogen-bond donors (Lipinski definition) is 0. The van der Waals surface area contributed by atoms with E-state index in [2.05, 4.69) is 69.3 Å². The van der Waals surface area contributed by atoms with Gasteiger partial charge in [0.2, 0.25) is 0 Å². The third-order valence-electron chi connectivity index (χ3n) is 3.29. The Bertz CT molecular complexity index is 478. The van der Waals surface area contributed by atoms with Crippen LogP contribution in [0.3, 0.4) is 0 Å². The van der Waals surface area contributed by atoms with Crippen LogP contribution in [-0.4, -0.2) is 0 Å². The van der Waals surface area contributed by atoms with Crippen LogP contribution >= 0.6 is 0 Å². The molecule has 0 spiro atoms. The Kier molecular flexibility index (Phi) is 3.63. The first kappa shape index (κ1) is 11.9. The first-order valence-corrected chi connectivity index (χ1v) is 6.40. The first-order chi connectivity index (χ1) is 8.22. The van der Waals surface area contributed by atoms with E-state index in [1.165, 1.54) is 22.3 Å². The molecule has 0 nitrogen and oxygen atoms in total. The van der Waals surface area contributed by atoms with Crippen molar-refractivity contribution in [2.45, 2.75) is 33.1 Å². The van der Waals surface area contributed by atoms with E-state index in [0.717, 1.165) is 6.42 Å². The molecule has 0 saturated carbocycles. The maximum absolute atomic E-state index is 2.24. The molecule has 2 aromatic carbocycles. The number of aryl methyl sites for hydroxylation is 1. The molecular formula is C17H20. The molecule has 0 heterocycles. The summed E-state index contributed by atoms with van der Waals surface area (Å²) in [5, 5.41) is 0. The molecule has 0 bridgehead atoms. The van der Waals surface area contributed by atoms with Crippen molar-refractivity contribution in [3.8, 4) is 11.1 Å². The Labute approximate surface area is 104 Å². The SMILES string of the molecule is CCc1ccccc1-c1ccc(C(C)C)cc1. The molecule has 2 aromatic rings. The molecule has 0 aliphatic heterocycles. The molecule has 88 valence electrons. The van der Waals surface area contributed by atoms with Crippen LogP contribution in [0.15, 0.2) is 48.5 Å². The summed E-state index contributed by atoms with van der Waals surface area (Å²) in [5.74, 6) is 0.602. The summed E-state index contributed by atoms with van der Waals surface area (Å²) in [6.45, 7) is 6.67. The number of rotatable bonds is 3. The Balaban J connectivity index is 2.40. The largest absolute Gasteiger partial charge is 0.0620 e. The van der Waals surface area contributed by atoms with Crippen molar-refractivity contribution in [2.24, 2.45) is 0 Å². The Morgan fingerprint density at radius 1 is 0.882 bits per heavy atom.